The highest BCUT2D eigenvalue weighted by Crippen LogP contribution is 2.23. The fraction of sp³-hybridized carbons (Fsp3) is 0.174. The van der Waals surface area contributed by atoms with Gasteiger partial charge in [-0.2, -0.15) is 0 Å². The molecule has 0 fully saturated rings. The number of amides is 1. The van der Waals surface area contributed by atoms with E-state index in [0.29, 0.717) is 16.4 Å². The Kier molecular flexibility index (Phi) is 4.42. The molecule has 2 N–H and O–H groups in total. The minimum atomic E-state index is -0.754. The van der Waals surface area contributed by atoms with E-state index in [1.54, 1.807) is 30.5 Å². The summed E-state index contributed by atoms with van der Waals surface area (Å²) in [6.45, 7) is 5.53. The van der Waals surface area contributed by atoms with E-state index in [0.717, 1.165) is 17.3 Å². The number of nitrogens with zero attached hydrogens (tertiary/aromatic N) is 1. The molecule has 0 saturated heterocycles. The Bertz CT molecular complexity index is 1310. The van der Waals surface area contributed by atoms with Gasteiger partial charge in [-0.25, -0.2) is 4.39 Å². The number of carbonyl (C=O) groups is 1. The lowest BCUT2D eigenvalue weighted by Gasteiger charge is -2.27. The number of para-hydroxylation sites is 1. The molecule has 2 aromatic heterocycles. The third kappa shape index (κ3) is 3.38. The van der Waals surface area contributed by atoms with E-state index >= 15 is 0 Å². The van der Waals surface area contributed by atoms with Gasteiger partial charge >= 0.3 is 0 Å². The second-order valence-corrected chi connectivity index (χ2v) is 7.64. The van der Waals surface area contributed by atoms with E-state index in [1.807, 2.05) is 32.9 Å². The van der Waals surface area contributed by atoms with E-state index in [9.17, 15) is 14.0 Å². The highest BCUT2D eigenvalue weighted by molar-refractivity contribution is 6.00. The molecule has 0 aliphatic heterocycles. The van der Waals surface area contributed by atoms with Crippen molar-refractivity contribution in [2.45, 2.75) is 26.3 Å². The molecule has 0 radical (unpaired) electrons. The topological polar surface area (TPSA) is 74.8 Å². The number of aromatic amines is 1. The molecule has 0 aliphatic carbocycles. The number of H-pyrrole nitrogens is 1. The highest BCUT2D eigenvalue weighted by atomic mass is 19.1. The second kappa shape index (κ2) is 6.81. The van der Waals surface area contributed by atoms with Crippen LogP contribution in [0.2, 0.25) is 0 Å². The van der Waals surface area contributed by atoms with Gasteiger partial charge in [0.1, 0.15) is 5.82 Å². The van der Waals surface area contributed by atoms with Crippen LogP contribution < -0.4 is 10.7 Å². The van der Waals surface area contributed by atoms with Gasteiger partial charge < -0.3 is 10.3 Å². The summed E-state index contributed by atoms with van der Waals surface area (Å²) in [5, 5.41) is 3.54. The summed E-state index contributed by atoms with van der Waals surface area (Å²) in [7, 11) is 0. The smallest absolute Gasteiger partial charge is 0.255 e. The van der Waals surface area contributed by atoms with E-state index in [1.165, 1.54) is 6.07 Å². The van der Waals surface area contributed by atoms with E-state index < -0.39 is 17.3 Å². The first-order valence-electron chi connectivity index (χ1n) is 9.26. The number of pyridine rings is 2. The lowest BCUT2D eigenvalue weighted by Crippen LogP contribution is -2.41. The molecule has 6 heteroatoms. The van der Waals surface area contributed by atoms with Crippen LogP contribution in [0.4, 0.5) is 4.39 Å². The van der Waals surface area contributed by atoms with Gasteiger partial charge in [0, 0.05) is 28.2 Å². The second-order valence-electron chi connectivity index (χ2n) is 7.64. The van der Waals surface area contributed by atoms with Gasteiger partial charge in [0.05, 0.1) is 16.6 Å². The fourth-order valence-corrected chi connectivity index (χ4v) is 3.38. The maximum Gasteiger partial charge on any atom is 0.255 e. The summed E-state index contributed by atoms with van der Waals surface area (Å²) >= 11 is 0. The van der Waals surface area contributed by atoms with Crippen LogP contribution in [0.5, 0.6) is 0 Å². The first-order chi connectivity index (χ1) is 13.8. The maximum absolute atomic E-state index is 14.8. The SMILES string of the molecule is Cc1ccc(C(C)(C)NC(=O)c2cc3[nH]c4ccccc4c(=O)c3cc2F)cn1. The molecule has 4 rings (SSSR count). The minimum Gasteiger partial charge on any atom is -0.354 e. The summed E-state index contributed by atoms with van der Waals surface area (Å²) in [6, 6.07) is 13.3. The van der Waals surface area contributed by atoms with E-state index in [2.05, 4.69) is 15.3 Å². The zero-order valence-electron chi connectivity index (χ0n) is 16.3. The zero-order chi connectivity index (χ0) is 20.8. The molecule has 0 unspecified atom stereocenters. The van der Waals surface area contributed by atoms with Gasteiger partial charge in [0.25, 0.3) is 5.91 Å². The lowest BCUT2D eigenvalue weighted by atomic mass is 9.95. The molecule has 1 amide bonds. The Hall–Kier alpha value is -3.54. The number of hydrogen-bond acceptors (Lipinski definition) is 3. The van der Waals surface area contributed by atoms with Crippen LogP contribution in [-0.2, 0) is 5.54 Å². The largest absolute Gasteiger partial charge is 0.354 e. The van der Waals surface area contributed by atoms with Gasteiger partial charge in [-0.15, -0.1) is 0 Å². The summed E-state index contributed by atoms with van der Waals surface area (Å²) in [5.41, 5.74) is 1.56. The number of benzene rings is 2. The van der Waals surface area contributed by atoms with Gasteiger partial charge in [-0.05, 0) is 56.7 Å². The molecule has 2 aromatic carbocycles. The molecule has 0 atom stereocenters. The molecule has 29 heavy (non-hydrogen) atoms. The van der Waals surface area contributed by atoms with Crippen molar-refractivity contribution in [3.8, 4) is 0 Å². The quantitative estimate of drug-likeness (QED) is 0.516. The van der Waals surface area contributed by atoms with Crippen molar-refractivity contribution in [1.82, 2.24) is 15.3 Å². The average Bonchev–Trinajstić information content (AvgIpc) is 2.68. The number of hydrogen-bond donors (Lipinski definition) is 2. The van der Waals surface area contributed by atoms with Crippen LogP contribution in [-0.4, -0.2) is 15.9 Å². The third-order valence-corrected chi connectivity index (χ3v) is 5.10. The molecule has 0 spiro atoms. The fourth-order valence-electron chi connectivity index (χ4n) is 3.38. The molecular weight excluding hydrogens is 369 g/mol. The van der Waals surface area contributed by atoms with E-state index in [-0.39, 0.29) is 16.4 Å². The molecule has 5 nitrogen and oxygen atoms in total. The standard InChI is InChI=1S/C23H20FN3O2/c1-13-8-9-14(12-25-13)23(2,3)27-22(29)16-11-20-17(10-18(16)24)21(28)15-6-4-5-7-19(15)26-20/h4-12H,1-3H3,(H,26,28)(H,27,29). The molecule has 146 valence electrons. The number of nitrogens with one attached hydrogen (secondary N) is 2. The number of fused-ring (bicyclic) bond motifs is 2. The number of halogens is 1. The molecule has 0 saturated carbocycles. The lowest BCUT2D eigenvalue weighted by molar-refractivity contribution is 0.0908. The summed E-state index contributed by atoms with van der Waals surface area (Å²) in [5.74, 6) is -1.31. The summed E-state index contributed by atoms with van der Waals surface area (Å²) in [6.07, 6.45) is 1.69. The van der Waals surface area contributed by atoms with Crippen molar-refractivity contribution in [2.24, 2.45) is 0 Å². The maximum atomic E-state index is 14.8. The normalized spacial score (nSPS) is 11.7. The first kappa shape index (κ1) is 18.8. The van der Waals surface area contributed by atoms with Crippen LogP contribution in [0.1, 0.15) is 35.5 Å². The van der Waals surface area contributed by atoms with Gasteiger partial charge in [0.15, 0.2) is 5.43 Å². The van der Waals surface area contributed by atoms with Crippen LogP contribution in [0.25, 0.3) is 21.8 Å². The molecule has 2 heterocycles. The van der Waals surface area contributed by atoms with Crippen molar-refractivity contribution in [2.75, 3.05) is 0 Å². The Morgan fingerprint density at radius 1 is 1.07 bits per heavy atom. The molecule has 4 aromatic rings. The van der Waals surface area contributed by atoms with Crippen LogP contribution >= 0.6 is 0 Å². The highest BCUT2D eigenvalue weighted by Gasteiger charge is 2.25. The van der Waals surface area contributed by atoms with E-state index in [4.69, 9.17) is 0 Å². The minimum absolute atomic E-state index is 0.128. The van der Waals surface area contributed by atoms with Crippen molar-refractivity contribution >= 4 is 27.7 Å². The Morgan fingerprint density at radius 2 is 1.83 bits per heavy atom. The average molecular weight is 389 g/mol. The summed E-state index contributed by atoms with van der Waals surface area (Å²) in [4.78, 5) is 32.9. The van der Waals surface area contributed by atoms with Crippen LogP contribution in [0.3, 0.4) is 0 Å². The Balaban J connectivity index is 1.76. The van der Waals surface area contributed by atoms with Crippen molar-refractivity contribution < 1.29 is 9.18 Å². The van der Waals surface area contributed by atoms with Crippen LogP contribution in [0.15, 0.2) is 59.5 Å². The Labute approximate surface area is 166 Å². The molecular formula is C23H20FN3O2. The number of carbonyl (C=O) groups excluding carboxylic acids is 1. The monoisotopic (exact) mass is 389 g/mol. The predicted molar refractivity (Wildman–Crippen MR) is 111 cm³/mol. The van der Waals surface area contributed by atoms with Gasteiger partial charge in [-0.1, -0.05) is 18.2 Å². The van der Waals surface area contributed by atoms with Crippen molar-refractivity contribution in [3.05, 3.63) is 87.6 Å². The van der Waals surface area contributed by atoms with Crippen molar-refractivity contribution in [3.63, 3.8) is 0 Å². The number of rotatable bonds is 3. The van der Waals surface area contributed by atoms with Gasteiger partial charge in [-0.3, -0.25) is 14.6 Å². The van der Waals surface area contributed by atoms with Gasteiger partial charge in [0.2, 0.25) is 0 Å². The zero-order valence-corrected chi connectivity index (χ0v) is 16.3. The molecule has 0 aliphatic rings. The molecule has 0 bridgehead atoms. The third-order valence-electron chi connectivity index (χ3n) is 5.10. The van der Waals surface area contributed by atoms with Crippen molar-refractivity contribution in [1.29, 1.82) is 0 Å². The predicted octanol–water partition coefficient (Wildman–Crippen LogP) is 4.19. The Morgan fingerprint density at radius 3 is 2.55 bits per heavy atom. The number of aromatic nitrogens is 2. The number of aryl methyl sites for hydroxylation is 1. The van der Waals surface area contributed by atoms with Crippen LogP contribution in [0, 0.1) is 12.7 Å². The summed E-state index contributed by atoms with van der Waals surface area (Å²) < 4.78 is 14.8. The first-order valence-corrected chi connectivity index (χ1v) is 9.26.